The number of benzene rings is 1. The smallest absolute Gasteiger partial charge is 0.0449 e. The predicted octanol–water partition coefficient (Wildman–Crippen LogP) is 4.39. The van der Waals surface area contributed by atoms with Crippen LogP contribution in [0, 0.1) is 0 Å². The lowest BCUT2D eigenvalue weighted by Gasteiger charge is -2.18. The molecule has 1 N–H and O–H groups in total. The van der Waals surface area contributed by atoms with Crippen molar-refractivity contribution in [3.05, 3.63) is 63.3 Å². The Morgan fingerprint density at radius 2 is 2.21 bits per heavy atom. The lowest BCUT2D eigenvalue weighted by molar-refractivity contribution is 0.548. The largest absolute Gasteiger partial charge is 0.310 e. The molecule has 0 spiro atoms. The Morgan fingerprint density at radius 3 is 2.84 bits per heavy atom. The number of nitrogens with zero attached hydrogens (tertiary/aromatic N) is 1. The fourth-order valence-electron chi connectivity index (χ4n) is 2.04. The molecule has 4 heteroatoms. The van der Waals surface area contributed by atoms with Gasteiger partial charge in [-0.3, -0.25) is 4.98 Å². The van der Waals surface area contributed by atoms with Gasteiger partial charge in [0.2, 0.25) is 0 Å². The molecule has 1 atom stereocenters. The summed E-state index contributed by atoms with van der Waals surface area (Å²) in [4.78, 5) is 4.19. The number of pyridine rings is 1. The zero-order valence-electron chi connectivity index (χ0n) is 10.7. The van der Waals surface area contributed by atoms with Crippen LogP contribution >= 0.6 is 27.5 Å². The molecule has 0 radical (unpaired) electrons. The molecule has 1 heterocycles. The fourth-order valence-corrected chi connectivity index (χ4v) is 2.79. The van der Waals surface area contributed by atoms with Crippen molar-refractivity contribution < 1.29 is 0 Å². The Kier molecular flexibility index (Phi) is 5.37. The summed E-state index contributed by atoms with van der Waals surface area (Å²) in [5.41, 5.74) is 2.32. The van der Waals surface area contributed by atoms with Gasteiger partial charge in [0.1, 0.15) is 0 Å². The maximum atomic E-state index is 6.29. The molecule has 0 amide bonds. The highest BCUT2D eigenvalue weighted by Gasteiger charge is 2.13. The zero-order chi connectivity index (χ0) is 13.7. The van der Waals surface area contributed by atoms with Gasteiger partial charge in [-0.15, -0.1) is 0 Å². The van der Waals surface area contributed by atoms with Crippen molar-refractivity contribution in [2.75, 3.05) is 6.54 Å². The van der Waals surface area contributed by atoms with Gasteiger partial charge in [0.05, 0.1) is 0 Å². The SMILES string of the molecule is CCNC(Cc1ccc(Br)cc1Cl)c1cccnc1. The van der Waals surface area contributed by atoms with E-state index in [4.69, 9.17) is 11.6 Å². The molecule has 0 bridgehead atoms. The molecule has 1 unspecified atom stereocenters. The second kappa shape index (κ2) is 7.04. The highest BCUT2D eigenvalue weighted by molar-refractivity contribution is 9.10. The Morgan fingerprint density at radius 1 is 1.37 bits per heavy atom. The number of rotatable bonds is 5. The summed E-state index contributed by atoms with van der Waals surface area (Å²) in [5, 5.41) is 4.27. The van der Waals surface area contributed by atoms with Crippen molar-refractivity contribution >= 4 is 27.5 Å². The van der Waals surface area contributed by atoms with E-state index in [-0.39, 0.29) is 6.04 Å². The van der Waals surface area contributed by atoms with Gasteiger partial charge in [0.25, 0.3) is 0 Å². The summed E-state index contributed by atoms with van der Waals surface area (Å²) in [6.07, 6.45) is 4.55. The van der Waals surface area contributed by atoms with Gasteiger partial charge in [-0.1, -0.05) is 46.6 Å². The molecule has 0 saturated carbocycles. The van der Waals surface area contributed by atoms with E-state index in [2.05, 4.69) is 45.3 Å². The molecule has 19 heavy (non-hydrogen) atoms. The van der Waals surface area contributed by atoms with Crippen molar-refractivity contribution in [3.63, 3.8) is 0 Å². The van der Waals surface area contributed by atoms with Crippen LogP contribution in [-0.2, 0) is 6.42 Å². The standard InChI is InChI=1S/C15H16BrClN2/c1-2-19-15(12-4-3-7-18-10-12)8-11-5-6-13(16)9-14(11)17/h3-7,9-10,15,19H,2,8H2,1H3. The maximum absolute atomic E-state index is 6.29. The summed E-state index contributed by atoms with van der Waals surface area (Å²) < 4.78 is 1.00. The number of hydrogen-bond donors (Lipinski definition) is 1. The second-order valence-electron chi connectivity index (χ2n) is 4.34. The molecule has 0 fully saturated rings. The van der Waals surface area contributed by atoms with E-state index in [9.17, 15) is 0 Å². The van der Waals surface area contributed by atoms with Crippen LogP contribution in [0.2, 0.25) is 5.02 Å². The summed E-state index contributed by atoms with van der Waals surface area (Å²) in [5.74, 6) is 0. The molecule has 0 aliphatic heterocycles. The molecular formula is C15H16BrClN2. The first kappa shape index (κ1) is 14.5. The second-order valence-corrected chi connectivity index (χ2v) is 5.66. The molecule has 0 aliphatic rings. The third kappa shape index (κ3) is 4.03. The zero-order valence-corrected chi connectivity index (χ0v) is 13.1. The van der Waals surface area contributed by atoms with E-state index >= 15 is 0 Å². The Labute approximate surface area is 127 Å². The highest BCUT2D eigenvalue weighted by Crippen LogP contribution is 2.26. The first-order valence-electron chi connectivity index (χ1n) is 6.28. The molecule has 2 aromatic rings. The maximum Gasteiger partial charge on any atom is 0.0449 e. The molecule has 1 aromatic carbocycles. The van der Waals surface area contributed by atoms with E-state index in [1.54, 1.807) is 6.20 Å². The molecule has 100 valence electrons. The molecule has 0 saturated heterocycles. The Hall–Kier alpha value is -0.900. The van der Waals surface area contributed by atoms with Gasteiger partial charge in [-0.2, -0.15) is 0 Å². The Bertz CT molecular complexity index is 531. The van der Waals surface area contributed by atoms with Crippen LogP contribution in [0.1, 0.15) is 24.1 Å². The number of likely N-dealkylation sites (N-methyl/N-ethyl adjacent to an activating group) is 1. The number of nitrogens with one attached hydrogen (secondary N) is 1. The minimum atomic E-state index is 0.234. The third-order valence-corrected chi connectivity index (χ3v) is 3.82. The fraction of sp³-hybridized carbons (Fsp3) is 0.267. The minimum absolute atomic E-state index is 0.234. The molecule has 2 rings (SSSR count). The lowest BCUT2D eigenvalue weighted by atomic mass is 10.00. The molecule has 2 nitrogen and oxygen atoms in total. The van der Waals surface area contributed by atoms with Gasteiger partial charge in [0, 0.05) is 27.9 Å². The third-order valence-electron chi connectivity index (χ3n) is 2.98. The first-order chi connectivity index (χ1) is 9.20. The first-order valence-corrected chi connectivity index (χ1v) is 7.45. The van der Waals surface area contributed by atoms with Gasteiger partial charge in [-0.05, 0) is 42.3 Å². The van der Waals surface area contributed by atoms with Crippen LogP contribution < -0.4 is 5.32 Å². The average molecular weight is 340 g/mol. The lowest BCUT2D eigenvalue weighted by Crippen LogP contribution is -2.23. The van der Waals surface area contributed by atoms with E-state index in [0.29, 0.717) is 0 Å². The van der Waals surface area contributed by atoms with Gasteiger partial charge in [-0.25, -0.2) is 0 Å². The summed E-state index contributed by atoms with van der Waals surface area (Å²) in [6, 6.07) is 10.3. The minimum Gasteiger partial charge on any atom is -0.310 e. The Balaban J connectivity index is 2.21. The number of aromatic nitrogens is 1. The van der Waals surface area contributed by atoms with Gasteiger partial charge >= 0.3 is 0 Å². The van der Waals surface area contributed by atoms with E-state index in [1.165, 1.54) is 5.56 Å². The van der Waals surface area contributed by atoms with Crippen LogP contribution in [-0.4, -0.2) is 11.5 Å². The van der Waals surface area contributed by atoms with Crippen molar-refractivity contribution in [1.29, 1.82) is 0 Å². The van der Waals surface area contributed by atoms with E-state index < -0.39 is 0 Å². The quantitative estimate of drug-likeness (QED) is 0.874. The van der Waals surface area contributed by atoms with Crippen LogP contribution in [0.15, 0.2) is 47.2 Å². The van der Waals surface area contributed by atoms with Gasteiger partial charge < -0.3 is 5.32 Å². The summed E-state index contributed by atoms with van der Waals surface area (Å²) in [7, 11) is 0. The van der Waals surface area contributed by atoms with Crippen molar-refractivity contribution in [2.24, 2.45) is 0 Å². The van der Waals surface area contributed by atoms with Crippen molar-refractivity contribution in [3.8, 4) is 0 Å². The number of halogens is 2. The van der Waals surface area contributed by atoms with Gasteiger partial charge in [0.15, 0.2) is 0 Å². The van der Waals surface area contributed by atoms with E-state index in [0.717, 1.165) is 28.0 Å². The average Bonchev–Trinajstić information content (AvgIpc) is 2.42. The molecular weight excluding hydrogens is 324 g/mol. The summed E-state index contributed by atoms with van der Waals surface area (Å²) in [6.45, 7) is 3.01. The van der Waals surface area contributed by atoms with Crippen LogP contribution in [0.5, 0.6) is 0 Å². The topological polar surface area (TPSA) is 24.9 Å². The van der Waals surface area contributed by atoms with E-state index in [1.807, 2.05) is 24.4 Å². The molecule has 0 aliphatic carbocycles. The monoisotopic (exact) mass is 338 g/mol. The highest BCUT2D eigenvalue weighted by atomic mass is 79.9. The van der Waals surface area contributed by atoms with Crippen molar-refractivity contribution in [2.45, 2.75) is 19.4 Å². The number of hydrogen-bond acceptors (Lipinski definition) is 2. The van der Waals surface area contributed by atoms with Crippen LogP contribution in [0.3, 0.4) is 0 Å². The van der Waals surface area contributed by atoms with Crippen molar-refractivity contribution in [1.82, 2.24) is 10.3 Å². The predicted molar refractivity (Wildman–Crippen MR) is 83.5 cm³/mol. The summed E-state index contributed by atoms with van der Waals surface area (Å²) >= 11 is 9.72. The molecule has 1 aromatic heterocycles. The van der Waals surface area contributed by atoms with Crippen LogP contribution in [0.4, 0.5) is 0 Å². The van der Waals surface area contributed by atoms with Crippen LogP contribution in [0.25, 0.3) is 0 Å². The normalized spacial score (nSPS) is 12.4.